The molecule has 0 saturated heterocycles. The highest BCUT2D eigenvalue weighted by molar-refractivity contribution is 6.22. The van der Waals surface area contributed by atoms with Crippen molar-refractivity contribution in [2.45, 2.75) is 6.42 Å². The molecule has 0 fully saturated rings. The highest BCUT2D eigenvalue weighted by Gasteiger charge is 2.32. The van der Waals surface area contributed by atoms with E-state index in [1.807, 2.05) is 5.32 Å². The highest BCUT2D eigenvalue weighted by Crippen LogP contribution is 2.23. The van der Waals surface area contributed by atoms with E-state index in [2.05, 4.69) is 0 Å². The summed E-state index contributed by atoms with van der Waals surface area (Å²) in [4.78, 5) is 33.4. The minimum absolute atomic E-state index is 0.0937. The Morgan fingerprint density at radius 3 is 2.50 bits per heavy atom. The molecule has 0 aliphatic carbocycles. The number of primary amides is 1. The first kappa shape index (κ1) is 10.3. The first-order chi connectivity index (χ1) is 7.50. The number of benzene rings is 1. The van der Waals surface area contributed by atoms with Crippen LogP contribution in [0.5, 0.6) is 0 Å². The molecule has 0 unspecified atom stereocenters. The largest absolute Gasteiger partial charge is 0.369 e. The van der Waals surface area contributed by atoms with Crippen molar-refractivity contribution >= 4 is 17.7 Å². The van der Waals surface area contributed by atoms with Gasteiger partial charge in [-0.2, -0.15) is 0 Å². The predicted octanol–water partition coefficient (Wildman–Crippen LogP) is -0.263. The lowest BCUT2D eigenvalue weighted by Crippen LogP contribution is -2.21. The van der Waals surface area contributed by atoms with Gasteiger partial charge in [0.1, 0.15) is 5.82 Å². The highest BCUT2D eigenvalue weighted by atomic mass is 19.1. The van der Waals surface area contributed by atoms with E-state index in [-0.39, 0.29) is 23.1 Å². The van der Waals surface area contributed by atoms with Crippen molar-refractivity contribution in [3.63, 3.8) is 0 Å². The van der Waals surface area contributed by atoms with Crippen LogP contribution in [0.3, 0.4) is 0 Å². The number of rotatable bonds is 2. The second kappa shape index (κ2) is 3.41. The van der Waals surface area contributed by atoms with Gasteiger partial charge in [0.15, 0.2) is 0 Å². The SMILES string of the molecule is NC(=O)Cc1ccc(F)c2c1C(=O)NC2=O. The van der Waals surface area contributed by atoms with Gasteiger partial charge in [0.2, 0.25) is 5.91 Å². The molecule has 0 spiro atoms. The van der Waals surface area contributed by atoms with Crippen LogP contribution in [0.2, 0.25) is 0 Å². The molecule has 1 heterocycles. The van der Waals surface area contributed by atoms with Crippen molar-refractivity contribution in [1.82, 2.24) is 5.32 Å². The van der Waals surface area contributed by atoms with Gasteiger partial charge in [0, 0.05) is 0 Å². The fourth-order valence-electron chi connectivity index (χ4n) is 1.66. The topological polar surface area (TPSA) is 89.3 Å². The lowest BCUT2D eigenvalue weighted by molar-refractivity contribution is -0.117. The van der Waals surface area contributed by atoms with E-state index in [4.69, 9.17) is 5.73 Å². The van der Waals surface area contributed by atoms with Crippen LogP contribution in [-0.4, -0.2) is 17.7 Å². The maximum Gasteiger partial charge on any atom is 0.261 e. The number of hydrogen-bond acceptors (Lipinski definition) is 3. The molecule has 3 N–H and O–H groups in total. The van der Waals surface area contributed by atoms with E-state index in [9.17, 15) is 18.8 Å². The van der Waals surface area contributed by atoms with Gasteiger partial charge in [0.25, 0.3) is 11.8 Å². The van der Waals surface area contributed by atoms with Crippen LogP contribution in [0.15, 0.2) is 12.1 Å². The van der Waals surface area contributed by atoms with Crippen LogP contribution in [0.25, 0.3) is 0 Å². The smallest absolute Gasteiger partial charge is 0.261 e. The normalized spacial score (nSPS) is 13.6. The van der Waals surface area contributed by atoms with E-state index in [0.717, 1.165) is 6.07 Å². The molecular weight excluding hydrogens is 215 g/mol. The molecular formula is C10H7FN2O3. The summed E-state index contributed by atoms with van der Waals surface area (Å²) in [5.74, 6) is -2.92. The van der Waals surface area contributed by atoms with Crippen molar-refractivity contribution in [3.05, 3.63) is 34.6 Å². The molecule has 6 heteroatoms. The molecule has 2 rings (SSSR count). The monoisotopic (exact) mass is 222 g/mol. The Balaban J connectivity index is 2.63. The van der Waals surface area contributed by atoms with Gasteiger partial charge in [-0.1, -0.05) is 6.07 Å². The summed E-state index contributed by atoms with van der Waals surface area (Å²) in [6, 6.07) is 2.31. The summed E-state index contributed by atoms with van der Waals surface area (Å²) in [6.07, 6.45) is -0.205. The Morgan fingerprint density at radius 1 is 1.25 bits per heavy atom. The van der Waals surface area contributed by atoms with Gasteiger partial charge in [-0.3, -0.25) is 19.7 Å². The fraction of sp³-hybridized carbons (Fsp3) is 0.100. The van der Waals surface area contributed by atoms with Crippen LogP contribution >= 0.6 is 0 Å². The average Bonchev–Trinajstić information content (AvgIpc) is 2.47. The molecule has 0 saturated carbocycles. The molecule has 0 radical (unpaired) electrons. The Kier molecular flexibility index (Phi) is 2.19. The number of nitrogens with two attached hydrogens (primary N) is 1. The summed E-state index contributed by atoms with van der Waals surface area (Å²) in [6.45, 7) is 0. The maximum absolute atomic E-state index is 13.3. The van der Waals surface area contributed by atoms with Gasteiger partial charge in [-0.25, -0.2) is 4.39 Å². The van der Waals surface area contributed by atoms with E-state index in [1.54, 1.807) is 0 Å². The van der Waals surface area contributed by atoms with Gasteiger partial charge < -0.3 is 5.73 Å². The molecule has 16 heavy (non-hydrogen) atoms. The summed E-state index contributed by atoms with van der Waals surface area (Å²) < 4.78 is 13.3. The quantitative estimate of drug-likeness (QED) is 0.675. The van der Waals surface area contributed by atoms with Crippen LogP contribution < -0.4 is 11.1 Å². The number of carbonyl (C=O) groups is 3. The van der Waals surface area contributed by atoms with Crippen molar-refractivity contribution in [2.75, 3.05) is 0 Å². The third-order valence-corrected chi connectivity index (χ3v) is 2.29. The third kappa shape index (κ3) is 1.44. The van der Waals surface area contributed by atoms with Crippen molar-refractivity contribution in [3.8, 4) is 0 Å². The number of imide groups is 1. The van der Waals surface area contributed by atoms with Crippen LogP contribution in [0.1, 0.15) is 26.3 Å². The molecule has 0 bridgehead atoms. The van der Waals surface area contributed by atoms with Crippen molar-refractivity contribution in [2.24, 2.45) is 5.73 Å². The molecule has 1 aliphatic heterocycles. The number of halogens is 1. The second-order valence-electron chi connectivity index (χ2n) is 3.38. The minimum atomic E-state index is -0.788. The zero-order chi connectivity index (χ0) is 11.9. The number of amides is 3. The molecule has 82 valence electrons. The van der Waals surface area contributed by atoms with Crippen LogP contribution in [0, 0.1) is 5.82 Å². The molecule has 3 amide bonds. The maximum atomic E-state index is 13.3. The number of carbonyl (C=O) groups excluding carboxylic acids is 3. The average molecular weight is 222 g/mol. The number of hydrogen-bond donors (Lipinski definition) is 2. The van der Waals surface area contributed by atoms with E-state index < -0.39 is 23.5 Å². The van der Waals surface area contributed by atoms with Crippen LogP contribution in [-0.2, 0) is 11.2 Å². The van der Waals surface area contributed by atoms with E-state index >= 15 is 0 Å². The number of fused-ring (bicyclic) bond motifs is 1. The third-order valence-electron chi connectivity index (χ3n) is 2.29. The first-order valence-corrected chi connectivity index (χ1v) is 4.46. The lowest BCUT2D eigenvalue weighted by Gasteiger charge is -2.03. The summed E-state index contributed by atoms with van der Waals surface area (Å²) in [7, 11) is 0. The van der Waals surface area contributed by atoms with E-state index in [0.29, 0.717) is 0 Å². The molecule has 1 aromatic rings. The van der Waals surface area contributed by atoms with Gasteiger partial charge >= 0.3 is 0 Å². The Labute approximate surface area is 89.4 Å². The zero-order valence-corrected chi connectivity index (χ0v) is 8.04. The summed E-state index contributed by atoms with van der Waals surface area (Å²) in [5, 5.41) is 1.97. The van der Waals surface area contributed by atoms with Crippen LogP contribution in [0.4, 0.5) is 4.39 Å². The lowest BCUT2D eigenvalue weighted by atomic mass is 9.99. The minimum Gasteiger partial charge on any atom is -0.369 e. The second-order valence-corrected chi connectivity index (χ2v) is 3.38. The zero-order valence-electron chi connectivity index (χ0n) is 8.04. The molecule has 1 aliphatic rings. The van der Waals surface area contributed by atoms with Gasteiger partial charge in [-0.15, -0.1) is 0 Å². The van der Waals surface area contributed by atoms with Crippen molar-refractivity contribution < 1.29 is 18.8 Å². The molecule has 0 aromatic heterocycles. The predicted molar refractivity (Wildman–Crippen MR) is 51.1 cm³/mol. The van der Waals surface area contributed by atoms with Gasteiger partial charge in [-0.05, 0) is 11.6 Å². The summed E-state index contributed by atoms with van der Waals surface area (Å²) >= 11 is 0. The Hall–Kier alpha value is -2.24. The Bertz CT molecular complexity index is 525. The first-order valence-electron chi connectivity index (χ1n) is 4.46. The standard InChI is InChI=1S/C10H7FN2O3/c11-5-2-1-4(3-6(12)14)7-8(5)10(16)13-9(7)15/h1-2H,3H2,(H2,12,14)(H,13,15,16). The van der Waals surface area contributed by atoms with Crippen molar-refractivity contribution in [1.29, 1.82) is 0 Å². The molecule has 0 atom stereocenters. The number of nitrogens with one attached hydrogen (secondary N) is 1. The van der Waals surface area contributed by atoms with E-state index in [1.165, 1.54) is 6.07 Å². The summed E-state index contributed by atoms with van der Waals surface area (Å²) in [5.41, 5.74) is 4.83. The Morgan fingerprint density at radius 2 is 1.88 bits per heavy atom. The van der Waals surface area contributed by atoms with Gasteiger partial charge in [0.05, 0.1) is 17.5 Å². The molecule has 5 nitrogen and oxygen atoms in total. The molecule has 1 aromatic carbocycles. The fourth-order valence-corrected chi connectivity index (χ4v) is 1.66.